The summed E-state index contributed by atoms with van der Waals surface area (Å²) in [7, 11) is 2.91. The maximum Gasteiger partial charge on any atom is 0.344 e. The monoisotopic (exact) mass is 1030 g/mol. The van der Waals surface area contributed by atoms with E-state index in [1.54, 1.807) is 66.0 Å². The zero-order valence-electron chi connectivity index (χ0n) is 44.7. The van der Waals surface area contributed by atoms with Crippen molar-refractivity contribution in [2.45, 2.75) is 180 Å². The van der Waals surface area contributed by atoms with Gasteiger partial charge in [0, 0.05) is 64.4 Å². The first-order valence-corrected chi connectivity index (χ1v) is 26.6. The quantitative estimate of drug-likeness (QED) is 0.0824. The van der Waals surface area contributed by atoms with Crippen LogP contribution < -0.4 is 0 Å². The summed E-state index contributed by atoms with van der Waals surface area (Å²) in [5.41, 5.74) is 0.913. The number of ether oxygens (including phenoxy) is 5. The first-order chi connectivity index (χ1) is 34.6. The number of fused-ring (bicyclic) bond motifs is 3. The van der Waals surface area contributed by atoms with Crippen LogP contribution in [0.2, 0.25) is 0 Å². The third-order valence-corrected chi connectivity index (χ3v) is 16.0. The molecule has 0 spiro atoms. The van der Waals surface area contributed by atoms with Gasteiger partial charge in [-0.2, -0.15) is 5.06 Å². The van der Waals surface area contributed by atoms with Gasteiger partial charge in [-0.3, -0.25) is 24.4 Å². The lowest BCUT2D eigenvalue weighted by molar-refractivity contribution is -0.266. The highest BCUT2D eigenvalue weighted by atomic mass is 16.6. The number of hydroxylamine groups is 2. The van der Waals surface area contributed by atoms with Crippen LogP contribution >= 0.6 is 0 Å². The lowest BCUT2D eigenvalue weighted by atomic mass is 9.78. The maximum absolute atomic E-state index is 14.5. The summed E-state index contributed by atoms with van der Waals surface area (Å²) in [5, 5.41) is 46.5. The highest BCUT2D eigenvalue weighted by Gasteiger charge is 2.53. The molecular weight excluding hydrogens is 943 g/mol. The van der Waals surface area contributed by atoms with E-state index in [1.807, 2.05) is 26.0 Å². The number of aliphatic hydroxyl groups excluding tert-OH is 2. The fourth-order valence-electron chi connectivity index (χ4n) is 11.2. The van der Waals surface area contributed by atoms with Crippen LogP contribution in [0.1, 0.15) is 126 Å². The number of ketones is 3. The van der Waals surface area contributed by atoms with Gasteiger partial charge in [0.15, 0.2) is 5.78 Å². The molecule has 0 aromatic rings. The zero-order valence-corrected chi connectivity index (χ0v) is 44.7. The van der Waals surface area contributed by atoms with E-state index in [0.29, 0.717) is 80.8 Å². The van der Waals surface area contributed by atoms with Gasteiger partial charge in [0.1, 0.15) is 30.1 Å². The number of methoxy groups -OCH3 is 2. The van der Waals surface area contributed by atoms with Crippen LogP contribution in [0.4, 0.5) is 4.79 Å². The molecule has 1 saturated carbocycles. The van der Waals surface area contributed by atoms with Crippen molar-refractivity contribution in [2.75, 3.05) is 47.1 Å². The zero-order chi connectivity index (χ0) is 53.7. The van der Waals surface area contributed by atoms with Gasteiger partial charge in [-0.1, -0.05) is 71.1 Å². The van der Waals surface area contributed by atoms with Crippen LogP contribution in [-0.4, -0.2) is 172 Å². The summed E-state index contributed by atoms with van der Waals surface area (Å²) in [6, 6.07) is -2.86. The number of aliphatic hydroxyl groups is 3. The van der Waals surface area contributed by atoms with Crippen LogP contribution in [0.3, 0.4) is 0 Å². The number of urea groups is 1. The number of rotatable bonds is 6. The van der Waals surface area contributed by atoms with Crippen LogP contribution in [0.15, 0.2) is 47.6 Å². The molecule has 5 aliphatic rings. The fraction of sp³-hybridized carbons (Fsp3) is 0.745. The number of Topliss-reactive ketones (excluding diaryl/α,β-unsaturated/α-hetero) is 3. The normalized spacial score (nSPS) is 38.5. The summed E-state index contributed by atoms with van der Waals surface area (Å²) >= 11 is 0. The van der Waals surface area contributed by atoms with Crippen molar-refractivity contribution in [1.29, 1.82) is 0 Å². The van der Waals surface area contributed by atoms with E-state index in [-0.39, 0.29) is 80.7 Å². The van der Waals surface area contributed by atoms with Gasteiger partial charge < -0.3 is 48.8 Å². The second-order valence-corrected chi connectivity index (χ2v) is 21.6. The molecule has 4 aliphatic heterocycles. The van der Waals surface area contributed by atoms with Crippen molar-refractivity contribution < 1.29 is 73.0 Å². The number of allylic oxidation sites excluding steroid dienone is 6. The van der Waals surface area contributed by atoms with E-state index >= 15 is 0 Å². The van der Waals surface area contributed by atoms with E-state index in [4.69, 9.17) is 23.7 Å². The highest BCUT2D eigenvalue weighted by Crippen LogP contribution is 2.38. The lowest BCUT2D eigenvalue weighted by Gasteiger charge is -2.43. The Balaban J connectivity index is 1.51. The molecular formula is C55H85N3O15. The minimum absolute atomic E-state index is 0.0180. The average Bonchev–Trinajstić information content (AvgIpc) is 3.38. The molecule has 3 saturated heterocycles. The number of amides is 3. The minimum atomic E-state index is -2.61. The summed E-state index contributed by atoms with van der Waals surface area (Å²) in [6.45, 7) is 13.4. The molecule has 2 bridgehead atoms. The van der Waals surface area contributed by atoms with Gasteiger partial charge in [0.25, 0.3) is 11.7 Å². The lowest BCUT2D eigenvalue weighted by Crippen LogP contribution is -2.61. The van der Waals surface area contributed by atoms with Crippen LogP contribution in [0.25, 0.3) is 0 Å². The van der Waals surface area contributed by atoms with Gasteiger partial charge >= 0.3 is 12.0 Å². The third kappa shape index (κ3) is 15.5. The predicted octanol–water partition coefficient (Wildman–Crippen LogP) is 5.68. The van der Waals surface area contributed by atoms with Crippen LogP contribution in [0, 0.1) is 35.5 Å². The Labute approximate surface area is 432 Å². The molecule has 4 heterocycles. The van der Waals surface area contributed by atoms with Crippen molar-refractivity contribution in [3.05, 3.63) is 47.6 Å². The molecule has 18 heteroatoms. The number of nitrogens with zero attached hydrogens (tertiary/aromatic N) is 3. The van der Waals surface area contributed by atoms with Crippen molar-refractivity contribution in [3.8, 4) is 0 Å². The molecule has 73 heavy (non-hydrogen) atoms. The second-order valence-electron chi connectivity index (χ2n) is 21.6. The third-order valence-electron chi connectivity index (χ3n) is 16.0. The topological polar surface area (TPSA) is 239 Å². The van der Waals surface area contributed by atoms with Crippen LogP contribution in [-0.2, 0) is 47.7 Å². The van der Waals surface area contributed by atoms with E-state index < -0.39 is 89.8 Å². The number of carbonyl (C=O) groups excluding carboxylic acids is 6. The van der Waals surface area contributed by atoms with Gasteiger partial charge in [0.2, 0.25) is 5.79 Å². The van der Waals surface area contributed by atoms with E-state index in [0.717, 1.165) is 4.90 Å². The number of esters is 1. The molecule has 4 fully saturated rings. The molecule has 18 nitrogen and oxygen atoms in total. The number of piperidine rings is 1. The van der Waals surface area contributed by atoms with Crippen molar-refractivity contribution in [2.24, 2.45) is 35.5 Å². The minimum Gasteiger partial charge on any atom is -0.460 e. The largest absolute Gasteiger partial charge is 0.460 e. The Bertz CT molecular complexity index is 2030. The Hall–Kier alpha value is -4.14. The molecule has 5 rings (SSSR count). The SMILES string of the molecule is COC1C(=O)[C@H](C)C[C@H](C)/C=C/C=C/C=C(\C)C(N(O)C(=O)N2CCOCC2)C[C@@H]2CC[C@@H](C)[C@@](O)(O2)C(=O)C(=O)N2CCCC[C@H]2C(=O)O[C@H]([C@H](C)C[C@@H]2CC[C@@H](O)[C@H](OC)C2)CC(=O)[C@H](C)/C=C(\C)[C@H]1O. The molecule has 3 amide bonds. The fourth-order valence-corrected chi connectivity index (χ4v) is 11.2. The first kappa shape index (κ1) is 59.7. The Kier molecular flexibility index (Phi) is 22.6. The summed E-state index contributed by atoms with van der Waals surface area (Å²) in [5.74, 6) is -8.88. The van der Waals surface area contributed by atoms with Gasteiger partial charge in [-0.25, -0.2) is 9.59 Å². The molecule has 4 N–H and O–H groups in total. The van der Waals surface area contributed by atoms with Gasteiger partial charge in [-0.05, 0) is 107 Å². The first-order valence-electron chi connectivity index (χ1n) is 26.6. The molecule has 0 aromatic carbocycles. The molecule has 410 valence electrons. The number of hydrogen-bond donors (Lipinski definition) is 4. The molecule has 1 aliphatic carbocycles. The van der Waals surface area contributed by atoms with E-state index in [2.05, 4.69) is 0 Å². The molecule has 0 radical (unpaired) electrons. The van der Waals surface area contributed by atoms with Gasteiger partial charge in [-0.15, -0.1) is 0 Å². The van der Waals surface area contributed by atoms with E-state index in [9.17, 15) is 49.3 Å². The number of morpholine rings is 1. The summed E-state index contributed by atoms with van der Waals surface area (Å²) in [4.78, 5) is 87.8. The standard InChI is InChI=1S/C55H85N3O15/c1-33-15-11-10-12-16-34(2)43(58(68)54(66)56-23-25-71-26-24-56)31-41-20-18-39(7)55(67,73-41)51(63)52(64)57-22-14-13-17-42(57)53(65)72-46(36(4)29-40-19-21-44(59)47(30-40)69-8)32-45(60)35(3)28-38(6)49(62)50(70-9)48(61)37(5)27-33/h10-12,15-16,28,33,35-37,39-44,46-47,49-50,59,62,67-68H,13-14,17-27,29-32H2,1-9H3/b12-10+,15-11+,34-16+,38-28+/t33-,35-,36-,37-,39-,40+,41+,42+,43?,44-,46+,47-,49-,50?,55-/m1/s1. The Morgan fingerprint density at radius 3 is 2.27 bits per heavy atom. The van der Waals surface area contributed by atoms with Crippen LogP contribution in [0.5, 0.6) is 0 Å². The van der Waals surface area contributed by atoms with Crippen molar-refractivity contribution >= 4 is 35.3 Å². The highest BCUT2D eigenvalue weighted by molar-refractivity contribution is 6.39. The molecule has 2 unspecified atom stereocenters. The number of carbonyl (C=O) groups is 6. The molecule has 0 aromatic heterocycles. The second kappa shape index (κ2) is 27.6. The summed E-state index contributed by atoms with van der Waals surface area (Å²) in [6.07, 6.45) is 9.42. The Morgan fingerprint density at radius 1 is 0.877 bits per heavy atom. The van der Waals surface area contributed by atoms with E-state index in [1.165, 1.54) is 12.0 Å². The number of hydrogen-bond acceptors (Lipinski definition) is 15. The molecule has 15 atom stereocenters. The predicted molar refractivity (Wildman–Crippen MR) is 270 cm³/mol. The smallest absolute Gasteiger partial charge is 0.344 e. The number of cyclic esters (lactones) is 1. The Morgan fingerprint density at radius 2 is 1.59 bits per heavy atom. The van der Waals surface area contributed by atoms with Crippen molar-refractivity contribution in [1.82, 2.24) is 14.9 Å². The van der Waals surface area contributed by atoms with Crippen molar-refractivity contribution in [3.63, 3.8) is 0 Å². The summed E-state index contributed by atoms with van der Waals surface area (Å²) < 4.78 is 29.1. The van der Waals surface area contributed by atoms with Gasteiger partial charge in [0.05, 0.1) is 37.6 Å². The maximum atomic E-state index is 14.5. The average molecular weight is 1030 g/mol.